The van der Waals surface area contributed by atoms with Gasteiger partial charge in [-0.25, -0.2) is 0 Å². The second kappa shape index (κ2) is 5.71. The van der Waals surface area contributed by atoms with Crippen LogP contribution in [0.15, 0.2) is 12.4 Å². The molecular weight excluding hydrogens is 254 g/mol. The molecule has 0 bridgehead atoms. The maximum Gasteiger partial charge on any atom is 0.0862 e. The van der Waals surface area contributed by atoms with Gasteiger partial charge in [-0.05, 0) is 26.3 Å². The summed E-state index contributed by atoms with van der Waals surface area (Å²) in [4.78, 5) is 5.02. The summed E-state index contributed by atoms with van der Waals surface area (Å²) in [6.45, 7) is 6.94. The van der Waals surface area contributed by atoms with Crippen molar-refractivity contribution < 1.29 is 5.11 Å². The Balaban J connectivity index is 1.53. The number of fused-ring (bicyclic) bond motifs is 1. The van der Waals surface area contributed by atoms with Crippen molar-refractivity contribution in [2.24, 2.45) is 0 Å². The van der Waals surface area contributed by atoms with Crippen molar-refractivity contribution in [3.8, 4) is 0 Å². The zero-order valence-electron chi connectivity index (χ0n) is 12.1. The molecule has 0 aromatic carbocycles. The molecule has 1 aromatic rings. The van der Waals surface area contributed by atoms with E-state index in [-0.39, 0.29) is 0 Å². The quantitative estimate of drug-likeness (QED) is 0.811. The number of nitrogens with zero attached hydrogens (tertiary/aromatic N) is 4. The molecule has 0 saturated carbocycles. The highest BCUT2D eigenvalue weighted by Crippen LogP contribution is 2.24. The van der Waals surface area contributed by atoms with Crippen molar-refractivity contribution in [1.29, 1.82) is 0 Å². The molecule has 6 nitrogen and oxygen atoms in total. The maximum atomic E-state index is 10.3. The maximum absolute atomic E-state index is 10.3. The molecule has 2 fully saturated rings. The van der Waals surface area contributed by atoms with Crippen LogP contribution < -0.4 is 5.73 Å². The van der Waals surface area contributed by atoms with E-state index in [1.165, 1.54) is 19.4 Å². The van der Waals surface area contributed by atoms with Gasteiger partial charge in [0.15, 0.2) is 0 Å². The van der Waals surface area contributed by atoms with Crippen molar-refractivity contribution in [1.82, 2.24) is 19.6 Å². The fraction of sp³-hybridized carbons (Fsp3) is 0.786. The van der Waals surface area contributed by atoms with Gasteiger partial charge in [-0.3, -0.25) is 14.5 Å². The number of aliphatic hydroxyl groups excluding tert-OH is 1. The Morgan fingerprint density at radius 1 is 1.45 bits per heavy atom. The Morgan fingerprint density at radius 3 is 3.05 bits per heavy atom. The molecule has 0 amide bonds. The van der Waals surface area contributed by atoms with Crippen LogP contribution in [0.3, 0.4) is 0 Å². The molecule has 3 atom stereocenters. The fourth-order valence-corrected chi connectivity index (χ4v) is 3.53. The van der Waals surface area contributed by atoms with Gasteiger partial charge in [0, 0.05) is 37.9 Å². The van der Waals surface area contributed by atoms with Gasteiger partial charge in [0.25, 0.3) is 0 Å². The van der Waals surface area contributed by atoms with E-state index in [0.717, 1.165) is 13.1 Å². The Kier molecular flexibility index (Phi) is 3.96. The second-order valence-electron chi connectivity index (χ2n) is 6.24. The highest BCUT2D eigenvalue weighted by atomic mass is 16.3. The van der Waals surface area contributed by atoms with E-state index in [9.17, 15) is 5.11 Å². The van der Waals surface area contributed by atoms with Crippen LogP contribution in [-0.2, 0) is 6.54 Å². The molecule has 3 heterocycles. The molecule has 3 rings (SSSR count). The zero-order chi connectivity index (χ0) is 14.1. The standard InChI is InChI=1S/C14H25N5O/c1-11-6-17-4-2-3-13(17)8-18(11)9-14(20)10-19-7-12(15)5-16-19/h5,7,11,13-14,20H,2-4,6,8-10,15H2,1H3. The zero-order valence-corrected chi connectivity index (χ0v) is 12.1. The average molecular weight is 279 g/mol. The lowest BCUT2D eigenvalue weighted by molar-refractivity contribution is 0.0175. The minimum Gasteiger partial charge on any atom is -0.396 e. The monoisotopic (exact) mass is 279 g/mol. The largest absolute Gasteiger partial charge is 0.396 e. The minimum absolute atomic E-state index is 0.398. The van der Waals surface area contributed by atoms with Gasteiger partial charge in [0.05, 0.1) is 24.5 Å². The van der Waals surface area contributed by atoms with Crippen LogP contribution in [0.1, 0.15) is 19.8 Å². The highest BCUT2D eigenvalue weighted by molar-refractivity contribution is 5.30. The van der Waals surface area contributed by atoms with Crippen LogP contribution in [0.5, 0.6) is 0 Å². The molecule has 3 unspecified atom stereocenters. The van der Waals surface area contributed by atoms with Gasteiger partial charge >= 0.3 is 0 Å². The predicted octanol–water partition coefficient (Wildman–Crippen LogP) is -0.00530. The Bertz CT molecular complexity index is 449. The molecule has 2 saturated heterocycles. The van der Waals surface area contributed by atoms with Gasteiger partial charge in [0.1, 0.15) is 0 Å². The van der Waals surface area contributed by atoms with Crippen molar-refractivity contribution in [2.45, 2.75) is 44.5 Å². The third kappa shape index (κ3) is 2.97. The first kappa shape index (κ1) is 13.9. The first-order valence-corrected chi connectivity index (χ1v) is 7.56. The summed E-state index contributed by atoms with van der Waals surface area (Å²) in [5.74, 6) is 0. The fourth-order valence-electron chi connectivity index (χ4n) is 3.53. The topological polar surface area (TPSA) is 70.5 Å². The summed E-state index contributed by atoms with van der Waals surface area (Å²) in [5.41, 5.74) is 6.28. The lowest BCUT2D eigenvalue weighted by Crippen LogP contribution is -2.56. The van der Waals surface area contributed by atoms with Gasteiger partial charge in [-0.15, -0.1) is 0 Å². The number of anilines is 1. The number of nitrogen functional groups attached to an aromatic ring is 1. The van der Waals surface area contributed by atoms with E-state index in [4.69, 9.17) is 5.73 Å². The van der Waals surface area contributed by atoms with Crippen LogP contribution in [0.2, 0.25) is 0 Å². The van der Waals surface area contributed by atoms with E-state index in [1.54, 1.807) is 17.1 Å². The van der Waals surface area contributed by atoms with E-state index < -0.39 is 6.10 Å². The smallest absolute Gasteiger partial charge is 0.0862 e. The molecule has 112 valence electrons. The summed E-state index contributed by atoms with van der Waals surface area (Å²) in [6, 6.07) is 1.21. The highest BCUT2D eigenvalue weighted by Gasteiger charge is 2.34. The van der Waals surface area contributed by atoms with Gasteiger partial charge < -0.3 is 10.8 Å². The van der Waals surface area contributed by atoms with Crippen LogP contribution in [0.4, 0.5) is 5.69 Å². The van der Waals surface area contributed by atoms with Crippen LogP contribution in [0.25, 0.3) is 0 Å². The Hall–Kier alpha value is -1.11. The molecule has 20 heavy (non-hydrogen) atoms. The van der Waals surface area contributed by atoms with Crippen molar-refractivity contribution >= 4 is 5.69 Å². The van der Waals surface area contributed by atoms with Crippen molar-refractivity contribution in [3.05, 3.63) is 12.4 Å². The number of β-amino-alcohol motifs (C(OH)–C–C–N with tert-alkyl or cyclic N) is 1. The SMILES string of the molecule is CC1CN2CCCC2CN1CC(O)Cn1cc(N)cn1. The molecule has 6 heteroatoms. The second-order valence-corrected chi connectivity index (χ2v) is 6.24. The van der Waals surface area contributed by atoms with Crippen LogP contribution >= 0.6 is 0 Å². The van der Waals surface area contributed by atoms with Crippen LogP contribution in [0, 0.1) is 0 Å². The summed E-state index contributed by atoms with van der Waals surface area (Å²) in [6.07, 6.45) is 5.61. The Labute approximate surface area is 120 Å². The van der Waals surface area contributed by atoms with E-state index in [1.807, 2.05) is 0 Å². The molecular formula is C14H25N5O. The third-order valence-electron chi connectivity index (χ3n) is 4.56. The van der Waals surface area contributed by atoms with E-state index in [2.05, 4.69) is 21.8 Å². The summed E-state index contributed by atoms with van der Waals surface area (Å²) < 4.78 is 1.72. The number of rotatable bonds is 4. The first-order chi connectivity index (χ1) is 9.61. The number of hydrogen-bond acceptors (Lipinski definition) is 5. The number of hydrogen-bond donors (Lipinski definition) is 2. The number of aliphatic hydroxyl groups is 1. The molecule has 0 radical (unpaired) electrons. The molecule has 2 aliphatic rings. The van der Waals surface area contributed by atoms with Gasteiger partial charge in [0.2, 0.25) is 0 Å². The summed E-state index contributed by atoms with van der Waals surface area (Å²) in [7, 11) is 0. The average Bonchev–Trinajstić information content (AvgIpc) is 2.98. The van der Waals surface area contributed by atoms with Gasteiger partial charge in [-0.1, -0.05) is 0 Å². The number of aromatic nitrogens is 2. The molecule has 1 aromatic heterocycles. The number of piperazine rings is 1. The third-order valence-corrected chi connectivity index (χ3v) is 4.56. The lowest BCUT2D eigenvalue weighted by Gasteiger charge is -2.43. The van der Waals surface area contributed by atoms with E-state index in [0.29, 0.717) is 30.9 Å². The Morgan fingerprint density at radius 2 is 2.30 bits per heavy atom. The normalized spacial score (nSPS) is 29.5. The minimum atomic E-state index is -0.398. The molecule has 0 aliphatic carbocycles. The molecule has 0 spiro atoms. The van der Waals surface area contributed by atoms with Gasteiger partial charge in [-0.2, -0.15) is 5.10 Å². The van der Waals surface area contributed by atoms with Crippen LogP contribution in [-0.4, -0.2) is 69.1 Å². The lowest BCUT2D eigenvalue weighted by atomic mass is 10.1. The number of nitrogens with two attached hydrogens (primary N) is 1. The molecule has 2 aliphatic heterocycles. The summed E-state index contributed by atoms with van der Waals surface area (Å²) in [5, 5.41) is 14.4. The van der Waals surface area contributed by atoms with Crippen molar-refractivity contribution in [3.63, 3.8) is 0 Å². The first-order valence-electron chi connectivity index (χ1n) is 7.56. The van der Waals surface area contributed by atoms with Crippen molar-refractivity contribution in [2.75, 3.05) is 31.9 Å². The van der Waals surface area contributed by atoms with E-state index >= 15 is 0 Å². The molecule has 3 N–H and O–H groups in total. The summed E-state index contributed by atoms with van der Waals surface area (Å²) >= 11 is 0. The predicted molar refractivity (Wildman–Crippen MR) is 78.3 cm³/mol.